The highest BCUT2D eigenvalue weighted by molar-refractivity contribution is 5.72. The maximum Gasteiger partial charge on any atom is 0.320 e. The third-order valence-electron chi connectivity index (χ3n) is 2.13. The van der Waals surface area contributed by atoms with Crippen molar-refractivity contribution in [2.75, 3.05) is 19.8 Å². The van der Waals surface area contributed by atoms with Crippen molar-refractivity contribution in [1.29, 1.82) is 0 Å². The molecule has 0 aromatic heterocycles. The Kier molecular flexibility index (Phi) is 6.06. The third-order valence-corrected chi connectivity index (χ3v) is 2.13. The van der Waals surface area contributed by atoms with Crippen LogP contribution in [0.3, 0.4) is 0 Å². The van der Waals surface area contributed by atoms with Crippen LogP contribution < -0.4 is 10.5 Å². The van der Waals surface area contributed by atoms with Gasteiger partial charge in [-0.05, 0) is 18.6 Å². The van der Waals surface area contributed by atoms with E-state index in [0.29, 0.717) is 26.2 Å². The Morgan fingerprint density at radius 3 is 2.59 bits per heavy atom. The average molecular weight is 239 g/mol. The first-order chi connectivity index (χ1) is 8.20. The number of ether oxygens (including phenoxy) is 2. The van der Waals surface area contributed by atoms with Gasteiger partial charge in [0.1, 0.15) is 18.4 Å². The van der Waals surface area contributed by atoms with Crippen LogP contribution in [0, 0.1) is 0 Å². The molecule has 1 aromatic carbocycles. The molecule has 0 aliphatic heterocycles. The number of carboxylic acid groups (broad SMARTS) is 1. The fraction of sp³-hybridized carbons (Fsp3) is 0.417. The first-order valence-corrected chi connectivity index (χ1v) is 5.44. The number of aliphatic carboxylic acids is 1. The summed E-state index contributed by atoms with van der Waals surface area (Å²) in [6, 6.07) is 8.56. The van der Waals surface area contributed by atoms with E-state index in [-0.39, 0.29) is 0 Å². The number of carbonyl (C=O) groups is 1. The minimum absolute atomic E-state index is 0.306. The lowest BCUT2D eigenvalue weighted by Gasteiger charge is -2.08. The van der Waals surface area contributed by atoms with Gasteiger partial charge in [0.2, 0.25) is 0 Å². The van der Waals surface area contributed by atoms with Crippen LogP contribution in [-0.2, 0) is 9.53 Å². The molecule has 1 rings (SSSR count). The van der Waals surface area contributed by atoms with E-state index < -0.39 is 12.0 Å². The molecule has 0 heterocycles. The van der Waals surface area contributed by atoms with Crippen molar-refractivity contribution in [3.8, 4) is 5.75 Å². The molecule has 17 heavy (non-hydrogen) atoms. The van der Waals surface area contributed by atoms with Crippen molar-refractivity contribution in [2.45, 2.75) is 12.5 Å². The summed E-state index contributed by atoms with van der Waals surface area (Å²) in [5.41, 5.74) is 5.31. The fourth-order valence-electron chi connectivity index (χ4n) is 1.17. The van der Waals surface area contributed by atoms with Crippen molar-refractivity contribution >= 4 is 5.97 Å². The first kappa shape index (κ1) is 13.5. The van der Waals surface area contributed by atoms with Crippen LogP contribution in [0.1, 0.15) is 6.42 Å². The maximum atomic E-state index is 10.4. The summed E-state index contributed by atoms with van der Waals surface area (Å²) in [6.07, 6.45) is 0.306. The van der Waals surface area contributed by atoms with E-state index in [4.69, 9.17) is 20.3 Å². The lowest BCUT2D eigenvalue weighted by Crippen LogP contribution is -2.31. The van der Waals surface area contributed by atoms with E-state index in [1.165, 1.54) is 0 Å². The average Bonchev–Trinajstić information content (AvgIpc) is 2.34. The summed E-state index contributed by atoms with van der Waals surface area (Å²) in [6.45, 7) is 1.18. The SMILES string of the molecule is NC(CCOCCOc1ccccc1)C(=O)O. The summed E-state index contributed by atoms with van der Waals surface area (Å²) in [5.74, 6) is -0.215. The van der Waals surface area contributed by atoms with Crippen LogP contribution >= 0.6 is 0 Å². The summed E-state index contributed by atoms with van der Waals surface area (Å²) in [7, 11) is 0. The largest absolute Gasteiger partial charge is 0.491 e. The van der Waals surface area contributed by atoms with Crippen LogP contribution in [0.25, 0.3) is 0 Å². The molecule has 94 valence electrons. The van der Waals surface area contributed by atoms with E-state index in [9.17, 15) is 4.79 Å². The second-order valence-corrected chi connectivity index (χ2v) is 3.51. The van der Waals surface area contributed by atoms with E-state index in [1.807, 2.05) is 30.3 Å². The standard InChI is InChI=1S/C12H17NO4/c13-11(12(14)15)6-7-16-8-9-17-10-4-2-1-3-5-10/h1-5,11H,6-9,13H2,(H,14,15). The Bertz CT molecular complexity index is 329. The van der Waals surface area contributed by atoms with Gasteiger partial charge in [-0.15, -0.1) is 0 Å². The van der Waals surface area contributed by atoms with E-state index in [0.717, 1.165) is 5.75 Å². The van der Waals surface area contributed by atoms with E-state index in [1.54, 1.807) is 0 Å². The van der Waals surface area contributed by atoms with Crippen molar-refractivity contribution in [1.82, 2.24) is 0 Å². The normalized spacial score (nSPS) is 12.1. The molecule has 1 aromatic rings. The molecule has 1 atom stereocenters. The topological polar surface area (TPSA) is 81.8 Å². The monoisotopic (exact) mass is 239 g/mol. The Morgan fingerprint density at radius 1 is 1.24 bits per heavy atom. The lowest BCUT2D eigenvalue weighted by molar-refractivity contribution is -0.139. The van der Waals surface area contributed by atoms with Crippen molar-refractivity contribution in [2.24, 2.45) is 5.73 Å². The smallest absolute Gasteiger partial charge is 0.320 e. The molecular formula is C12H17NO4. The van der Waals surface area contributed by atoms with Crippen LogP contribution in [0.2, 0.25) is 0 Å². The van der Waals surface area contributed by atoms with Gasteiger partial charge in [0, 0.05) is 6.61 Å². The highest BCUT2D eigenvalue weighted by atomic mass is 16.5. The van der Waals surface area contributed by atoms with Gasteiger partial charge in [0.15, 0.2) is 0 Å². The third kappa shape index (κ3) is 5.89. The summed E-state index contributed by atoms with van der Waals surface area (Å²) < 4.78 is 10.6. The van der Waals surface area contributed by atoms with Gasteiger partial charge in [-0.25, -0.2) is 0 Å². The molecule has 0 amide bonds. The zero-order valence-corrected chi connectivity index (χ0v) is 9.54. The van der Waals surface area contributed by atoms with Gasteiger partial charge in [-0.1, -0.05) is 18.2 Å². The predicted molar refractivity (Wildman–Crippen MR) is 63.0 cm³/mol. The number of rotatable bonds is 8. The summed E-state index contributed by atoms with van der Waals surface area (Å²) in [4.78, 5) is 10.4. The second kappa shape index (κ2) is 7.65. The molecule has 0 fully saturated rings. The molecule has 0 saturated carbocycles. The number of carboxylic acids is 1. The van der Waals surface area contributed by atoms with Crippen LogP contribution in [-0.4, -0.2) is 36.9 Å². The molecule has 5 nitrogen and oxygen atoms in total. The Labute approximate surface area is 100 Å². The quantitative estimate of drug-likeness (QED) is 0.658. The highest BCUT2D eigenvalue weighted by Gasteiger charge is 2.10. The molecule has 1 unspecified atom stereocenters. The van der Waals surface area contributed by atoms with E-state index in [2.05, 4.69) is 0 Å². The van der Waals surface area contributed by atoms with Gasteiger partial charge in [0.05, 0.1) is 6.61 Å². The number of para-hydroxylation sites is 1. The zero-order chi connectivity index (χ0) is 12.5. The second-order valence-electron chi connectivity index (χ2n) is 3.51. The van der Waals surface area contributed by atoms with Crippen LogP contribution in [0.4, 0.5) is 0 Å². The van der Waals surface area contributed by atoms with Crippen LogP contribution in [0.15, 0.2) is 30.3 Å². The van der Waals surface area contributed by atoms with Crippen LogP contribution in [0.5, 0.6) is 5.75 Å². The Morgan fingerprint density at radius 2 is 1.94 bits per heavy atom. The molecular weight excluding hydrogens is 222 g/mol. The number of hydrogen-bond acceptors (Lipinski definition) is 4. The lowest BCUT2D eigenvalue weighted by atomic mass is 10.2. The molecule has 0 radical (unpaired) electrons. The summed E-state index contributed by atoms with van der Waals surface area (Å²) >= 11 is 0. The van der Waals surface area contributed by atoms with Crippen molar-refractivity contribution < 1.29 is 19.4 Å². The minimum atomic E-state index is -1.01. The zero-order valence-electron chi connectivity index (χ0n) is 9.54. The molecule has 0 saturated heterocycles. The minimum Gasteiger partial charge on any atom is -0.491 e. The van der Waals surface area contributed by atoms with Gasteiger partial charge in [0.25, 0.3) is 0 Å². The summed E-state index contributed by atoms with van der Waals surface area (Å²) in [5, 5.41) is 8.53. The maximum absolute atomic E-state index is 10.4. The number of hydrogen-bond donors (Lipinski definition) is 2. The van der Waals surface area contributed by atoms with Crippen molar-refractivity contribution in [3.63, 3.8) is 0 Å². The Balaban J connectivity index is 2.00. The van der Waals surface area contributed by atoms with Crippen molar-refractivity contribution in [3.05, 3.63) is 30.3 Å². The van der Waals surface area contributed by atoms with Gasteiger partial charge < -0.3 is 20.3 Å². The molecule has 5 heteroatoms. The molecule has 0 aliphatic rings. The number of nitrogens with two attached hydrogens (primary N) is 1. The van der Waals surface area contributed by atoms with Gasteiger partial charge in [-0.3, -0.25) is 4.79 Å². The Hall–Kier alpha value is -1.59. The predicted octanol–water partition coefficient (Wildman–Crippen LogP) is 0.884. The van der Waals surface area contributed by atoms with Gasteiger partial charge in [-0.2, -0.15) is 0 Å². The highest BCUT2D eigenvalue weighted by Crippen LogP contribution is 2.07. The molecule has 0 bridgehead atoms. The number of benzene rings is 1. The molecule has 3 N–H and O–H groups in total. The first-order valence-electron chi connectivity index (χ1n) is 5.44. The molecule has 0 aliphatic carbocycles. The molecule has 0 spiro atoms. The van der Waals surface area contributed by atoms with Gasteiger partial charge >= 0.3 is 5.97 Å². The van der Waals surface area contributed by atoms with E-state index >= 15 is 0 Å². The fourth-order valence-corrected chi connectivity index (χ4v) is 1.17.